The minimum absolute atomic E-state index is 0. The van der Waals surface area contributed by atoms with Crippen LogP contribution in [0.25, 0.3) is 0 Å². The molecule has 2 atom stereocenters. The maximum Gasteiger partial charge on any atom is 0.243 e. The number of halogens is 1. The van der Waals surface area contributed by atoms with E-state index in [1.165, 1.54) is 4.88 Å². The molecule has 0 spiro atoms. The maximum atomic E-state index is 12.0. The number of amides is 1. The summed E-state index contributed by atoms with van der Waals surface area (Å²) in [7, 11) is 5.27. The molecule has 1 saturated heterocycles. The first-order valence-electron chi connectivity index (χ1n) is 9.92. The van der Waals surface area contributed by atoms with Gasteiger partial charge in [-0.25, -0.2) is 4.99 Å². The summed E-state index contributed by atoms with van der Waals surface area (Å²) in [5.41, 5.74) is 0. The van der Waals surface area contributed by atoms with Gasteiger partial charge in [0, 0.05) is 64.3 Å². The van der Waals surface area contributed by atoms with Crippen molar-refractivity contribution in [2.45, 2.75) is 32.4 Å². The molecule has 1 amide bonds. The number of hydrogen-bond donors (Lipinski definition) is 1. The molecule has 7 nitrogen and oxygen atoms in total. The summed E-state index contributed by atoms with van der Waals surface area (Å²) < 4.78 is 5.26. The topological polar surface area (TPSA) is 60.4 Å². The first-order valence-corrected chi connectivity index (χ1v) is 10.8. The van der Waals surface area contributed by atoms with Gasteiger partial charge in [0.15, 0.2) is 5.96 Å². The van der Waals surface area contributed by atoms with Crippen LogP contribution in [-0.4, -0.2) is 99.2 Å². The monoisotopic (exact) mass is 537 g/mol. The number of nitrogens with zero attached hydrogens (tertiary/aromatic N) is 4. The number of methoxy groups -OCH3 is 1. The molecule has 2 unspecified atom stereocenters. The second-order valence-electron chi connectivity index (χ2n) is 7.52. The molecule has 1 N–H and O–H groups in total. The number of nitrogens with one attached hydrogen (secondary N) is 1. The average molecular weight is 538 g/mol. The van der Waals surface area contributed by atoms with Crippen molar-refractivity contribution in [2.75, 3.05) is 60.5 Å². The van der Waals surface area contributed by atoms with Crippen molar-refractivity contribution in [2.24, 2.45) is 4.99 Å². The van der Waals surface area contributed by atoms with Crippen LogP contribution in [0.1, 0.15) is 18.7 Å². The minimum Gasteiger partial charge on any atom is -0.383 e. The Bertz CT molecular complexity index is 614. The lowest BCUT2D eigenvalue weighted by atomic mass is 10.1. The van der Waals surface area contributed by atoms with Crippen molar-refractivity contribution in [1.29, 1.82) is 0 Å². The molecule has 1 aromatic heterocycles. The zero-order valence-corrected chi connectivity index (χ0v) is 21.4. The molecule has 1 aromatic rings. The van der Waals surface area contributed by atoms with Gasteiger partial charge in [0.2, 0.25) is 5.91 Å². The molecule has 166 valence electrons. The number of aliphatic imine (C=N–C) groups is 1. The largest absolute Gasteiger partial charge is 0.383 e. The van der Waals surface area contributed by atoms with Crippen LogP contribution in [0.15, 0.2) is 22.5 Å². The van der Waals surface area contributed by atoms with Gasteiger partial charge >= 0.3 is 0 Å². The molecule has 9 heteroatoms. The number of piperazine rings is 1. The zero-order valence-electron chi connectivity index (χ0n) is 18.3. The van der Waals surface area contributed by atoms with E-state index in [0.29, 0.717) is 12.1 Å². The normalized spacial score (nSPS) is 20.3. The van der Waals surface area contributed by atoms with Crippen LogP contribution in [-0.2, 0) is 16.0 Å². The number of thiophene rings is 1. The molecule has 29 heavy (non-hydrogen) atoms. The second kappa shape index (κ2) is 13.4. The number of likely N-dealkylation sites (N-methyl/N-ethyl adjacent to an activating group) is 1. The third-order valence-corrected chi connectivity index (χ3v) is 5.99. The number of carbonyl (C=O) groups excluding carboxylic acids is 1. The zero-order chi connectivity index (χ0) is 20.5. The third kappa shape index (κ3) is 8.39. The van der Waals surface area contributed by atoms with Gasteiger partial charge in [0.05, 0.1) is 6.61 Å². The third-order valence-electron chi connectivity index (χ3n) is 5.05. The van der Waals surface area contributed by atoms with E-state index >= 15 is 0 Å². The Morgan fingerprint density at radius 3 is 2.59 bits per heavy atom. The highest BCUT2D eigenvalue weighted by molar-refractivity contribution is 14.0. The summed E-state index contributed by atoms with van der Waals surface area (Å²) in [5, 5.41) is 5.59. The Kier molecular flexibility index (Phi) is 12.1. The predicted molar refractivity (Wildman–Crippen MR) is 132 cm³/mol. The van der Waals surface area contributed by atoms with Crippen molar-refractivity contribution < 1.29 is 9.53 Å². The Labute approximate surface area is 196 Å². The molecular weight excluding hydrogens is 501 g/mol. The van der Waals surface area contributed by atoms with Crippen LogP contribution in [0, 0.1) is 0 Å². The number of rotatable bonds is 8. The van der Waals surface area contributed by atoms with Gasteiger partial charge in [0.25, 0.3) is 0 Å². The Morgan fingerprint density at radius 1 is 1.34 bits per heavy atom. The number of ether oxygens (including phenoxy) is 1. The molecule has 2 heterocycles. The lowest BCUT2D eigenvalue weighted by Gasteiger charge is -2.45. The summed E-state index contributed by atoms with van der Waals surface area (Å²) in [4.78, 5) is 24.4. The molecule has 1 fully saturated rings. The van der Waals surface area contributed by atoms with Gasteiger partial charge in [-0.05, 0) is 31.7 Å². The highest BCUT2D eigenvalue weighted by Gasteiger charge is 2.30. The summed E-state index contributed by atoms with van der Waals surface area (Å²) >= 11 is 1.77. The highest BCUT2D eigenvalue weighted by Crippen LogP contribution is 2.16. The number of carbonyl (C=O) groups is 1. The first-order chi connectivity index (χ1) is 13.4. The maximum absolute atomic E-state index is 12.0. The van der Waals surface area contributed by atoms with Gasteiger partial charge in [0.1, 0.15) is 6.54 Å². The molecule has 0 bridgehead atoms. The highest BCUT2D eigenvalue weighted by atomic mass is 127. The van der Waals surface area contributed by atoms with E-state index in [2.05, 4.69) is 51.5 Å². The van der Waals surface area contributed by atoms with Gasteiger partial charge in [-0.3, -0.25) is 9.69 Å². The second-order valence-corrected chi connectivity index (χ2v) is 8.55. The van der Waals surface area contributed by atoms with Gasteiger partial charge in [-0.2, -0.15) is 0 Å². The smallest absolute Gasteiger partial charge is 0.243 e. The van der Waals surface area contributed by atoms with E-state index in [1.807, 2.05) is 0 Å². The Hall–Kier alpha value is -0.910. The van der Waals surface area contributed by atoms with E-state index in [-0.39, 0.29) is 36.4 Å². The first kappa shape index (κ1) is 26.1. The van der Waals surface area contributed by atoms with E-state index in [9.17, 15) is 4.79 Å². The molecule has 0 aromatic carbocycles. The molecule has 1 aliphatic heterocycles. The fourth-order valence-electron chi connectivity index (χ4n) is 3.47. The SMILES string of the molecule is COCCN1C(C)CN(C(=NCC(=O)N(C)C)NCCc2cccs2)CC1C.I. The molecule has 0 radical (unpaired) electrons. The van der Waals surface area contributed by atoms with Gasteiger partial charge < -0.3 is 19.9 Å². The Balaban J connectivity index is 0.00000420. The van der Waals surface area contributed by atoms with E-state index in [1.54, 1.807) is 37.4 Å². The number of hydrogen-bond acceptors (Lipinski definition) is 5. The van der Waals surface area contributed by atoms with Crippen molar-refractivity contribution in [3.05, 3.63) is 22.4 Å². The van der Waals surface area contributed by atoms with Crippen LogP contribution in [0.2, 0.25) is 0 Å². The summed E-state index contributed by atoms with van der Waals surface area (Å²) in [6, 6.07) is 5.02. The molecule has 0 aliphatic carbocycles. The van der Waals surface area contributed by atoms with Crippen molar-refractivity contribution in [1.82, 2.24) is 20.0 Å². The molecular formula is C20H36IN5O2S. The lowest BCUT2D eigenvalue weighted by Crippen LogP contribution is -2.60. The standard InChI is InChI=1S/C20H35N5O2S.HI/c1-16-14-24(15-17(2)25(16)10-11-27-5)20(22-13-19(26)23(3)4)21-9-8-18-7-6-12-28-18;/h6-7,12,16-17H,8-11,13-15H2,1-5H3,(H,21,22);1H. The summed E-state index contributed by atoms with van der Waals surface area (Å²) in [5.74, 6) is 0.842. The lowest BCUT2D eigenvalue weighted by molar-refractivity contribution is -0.127. The van der Waals surface area contributed by atoms with Crippen LogP contribution < -0.4 is 5.32 Å². The van der Waals surface area contributed by atoms with Crippen molar-refractivity contribution in [3.8, 4) is 0 Å². The fourth-order valence-corrected chi connectivity index (χ4v) is 4.18. The Morgan fingerprint density at radius 2 is 2.03 bits per heavy atom. The summed E-state index contributed by atoms with van der Waals surface area (Å²) in [6.45, 7) is 8.91. The van der Waals surface area contributed by atoms with Crippen LogP contribution >= 0.6 is 35.3 Å². The number of guanidine groups is 1. The van der Waals surface area contributed by atoms with E-state index in [0.717, 1.165) is 45.2 Å². The summed E-state index contributed by atoms with van der Waals surface area (Å²) in [6.07, 6.45) is 0.956. The predicted octanol–water partition coefficient (Wildman–Crippen LogP) is 1.98. The average Bonchev–Trinajstić information content (AvgIpc) is 3.16. The van der Waals surface area contributed by atoms with Crippen molar-refractivity contribution in [3.63, 3.8) is 0 Å². The molecule has 0 saturated carbocycles. The van der Waals surface area contributed by atoms with Crippen LogP contribution in [0.5, 0.6) is 0 Å². The van der Waals surface area contributed by atoms with E-state index in [4.69, 9.17) is 4.74 Å². The quantitative estimate of drug-likeness (QED) is 0.312. The fraction of sp³-hybridized carbons (Fsp3) is 0.700. The van der Waals surface area contributed by atoms with Crippen molar-refractivity contribution >= 4 is 47.2 Å². The minimum atomic E-state index is 0. The van der Waals surface area contributed by atoms with Crippen LogP contribution in [0.3, 0.4) is 0 Å². The van der Waals surface area contributed by atoms with E-state index < -0.39 is 0 Å². The molecule has 2 rings (SSSR count). The van der Waals surface area contributed by atoms with Gasteiger partial charge in [-0.1, -0.05) is 6.07 Å². The van der Waals surface area contributed by atoms with Gasteiger partial charge in [-0.15, -0.1) is 35.3 Å². The van der Waals surface area contributed by atoms with Crippen LogP contribution in [0.4, 0.5) is 0 Å². The molecule has 1 aliphatic rings.